The van der Waals surface area contributed by atoms with Crippen LogP contribution in [0.25, 0.3) is 0 Å². The predicted molar refractivity (Wildman–Crippen MR) is 88.8 cm³/mol. The largest absolute Gasteiger partial charge is 0.387 e. The maximum absolute atomic E-state index is 10.9. The fourth-order valence-electron chi connectivity index (χ4n) is 3.15. The summed E-state index contributed by atoms with van der Waals surface area (Å²) in [6.45, 7) is 3.15. The number of nitrogens with zero attached hydrogens (tertiary/aromatic N) is 3. The molecule has 0 aliphatic carbocycles. The minimum absolute atomic E-state index is 0.606. The van der Waals surface area contributed by atoms with Gasteiger partial charge in [-0.25, -0.2) is 4.98 Å². The molecule has 1 unspecified atom stereocenters. The lowest BCUT2D eigenvalue weighted by Gasteiger charge is -2.29. The average Bonchev–Trinajstić information content (AvgIpc) is 2.90. The molecule has 116 valence electrons. The van der Waals surface area contributed by atoms with E-state index in [2.05, 4.69) is 34.1 Å². The van der Waals surface area contributed by atoms with E-state index in [0.717, 1.165) is 25.3 Å². The van der Waals surface area contributed by atoms with E-state index in [9.17, 15) is 5.11 Å². The molecule has 1 aromatic heterocycles. The minimum atomic E-state index is -0.666. The van der Waals surface area contributed by atoms with Crippen LogP contribution >= 0.6 is 0 Å². The van der Waals surface area contributed by atoms with Crippen LogP contribution in [-0.4, -0.2) is 47.3 Å². The first-order valence-electron chi connectivity index (χ1n) is 7.75. The molecule has 4 heteroatoms. The van der Waals surface area contributed by atoms with Crippen LogP contribution < -0.4 is 4.90 Å². The van der Waals surface area contributed by atoms with Gasteiger partial charge in [-0.2, -0.15) is 0 Å². The summed E-state index contributed by atoms with van der Waals surface area (Å²) in [6.07, 6.45) is 2.59. The molecule has 0 amide bonds. The first-order chi connectivity index (χ1) is 10.6. The van der Waals surface area contributed by atoms with E-state index in [-0.39, 0.29) is 0 Å². The average molecular weight is 297 g/mol. The van der Waals surface area contributed by atoms with Crippen LogP contribution in [0.1, 0.15) is 12.0 Å². The molecule has 4 nitrogen and oxygen atoms in total. The summed E-state index contributed by atoms with van der Waals surface area (Å²) < 4.78 is 0. The van der Waals surface area contributed by atoms with E-state index in [4.69, 9.17) is 0 Å². The quantitative estimate of drug-likeness (QED) is 0.918. The Labute approximate surface area is 132 Å². The number of benzene rings is 1. The molecule has 1 atom stereocenters. The third-order valence-electron chi connectivity index (χ3n) is 4.23. The lowest BCUT2D eigenvalue weighted by molar-refractivity contribution is 0.0561. The minimum Gasteiger partial charge on any atom is -0.387 e. The highest BCUT2D eigenvalue weighted by Crippen LogP contribution is 2.25. The maximum atomic E-state index is 10.9. The van der Waals surface area contributed by atoms with Crippen LogP contribution in [0.3, 0.4) is 0 Å². The van der Waals surface area contributed by atoms with Gasteiger partial charge in [0, 0.05) is 39.4 Å². The van der Waals surface area contributed by atoms with E-state index in [1.54, 1.807) is 6.20 Å². The summed E-state index contributed by atoms with van der Waals surface area (Å²) in [5.41, 5.74) is 0.631. The Morgan fingerprint density at radius 2 is 1.95 bits per heavy atom. The van der Waals surface area contributed by atoms with Crippen molar-refractivity contribution < 1.29 is 5.11 Å². The molecular formula is C18H23N3O. The number of hydrogen-bond acceptors (Lipinski definition) is 4. The molecule has 2 heterocycles. The van der Waals surface area contributed by atoms with Crippen molar-refractivity contribution >= 4 is 5.82 Å². The molecule has 1 fully saturated rings. The van der Waals surface area contributed by atoms with Crippen LogP contribution in [0.2, 0.25) is 0 Å². The van der Waals surface area contributed by atoms with Crippen molar-refractivity contribution in [2.24, 2.45) is 0 Å². The molecule has 22 heavy (non-hydrogen) atoms. The van der Waals surface area contributed by atoms with E-state index < -0.39 is 5.60 Å². The summed E-state index contributed by atoms with van der Waals surface area (Å²) in [6, 6.07) is 16.3. The van der Waals surface area contributed by atoms with Gasteiger partial charge in [0.05, 0.1) is 5.60 Å². The Bertz CT molecular complexity index is 590. The summed E-state index contributed by atoms with van der Waals surface area (Å²) in [7, 11) is 1.99. The fourth-order valence-corrected chi connectivity index (χ4v) is 3.15. The molecule has 1 aliphatic rings. The monoisotopic (exact) mass is 297 g/mol. The van der Waals surface area contributed by atoms with Crippen molar-refractivity contribution in [1.29, 1.82) is 0 Å². The molecule has 0 spiro atoms. The maximum Gasteiger partial charge on any atom is 0.128 e. The van der Waals surface area contributed by atoms with Gasteiger partial charge in [-0.05, 0) is 24.1 Å². The molecule has 0 saturated carbocycles. The topological polar surface area (TPSA) is 39.6 Å². The number of aromatic nitrogens is 1. The van der Waals surface area contributed by atoms with Gasteiger partial charge in [0.2, 0.25) is 0 Å². The molecule has 1 N–H and O–H groups in total. The van der Waals surface area contributed by atoms with Gasteiger partial charge in [0.15, 0.2) is 0 Å². The van der Waals surface area contributed by atoms with Crippen LogP contribution in [0.4, 0.5) is 5.82 Å². The Balaban J connectivity index is 1.58. The number of likely N-dealkylation sites (N-methyl/N-ethyl adjacent to an activating group) is 1. The van der Waals surface area contributed by atoms with Crippen LogP contribution in [-0.2, 0) is 6.54 Å². The second-order valence-corrected chi connectivity index (χ2v) is 6.21. The smallest absolute Gasteiger partial charge is 0.128 e. The highest BCUT2D eigenvalue weighted by atomic mass is 16.3. The number of aliphatic hydroxyl groups is 1. The lowest BCUT2D eigenvalue weighted by atomic mass is 10.0. The third kappa shape index (κ3) is 3.64. The number of rotatable bonds is 5. The summed E-state index contributed by atoms with van der Waals surface area (Å²) >= 11 is 0. The van der Waals surface area contributed by atoms with Crippen molar-refractivity contribution in [3.8, 4) is 0 Å². The van der Waals surface area contributed by atoms with Crippen molar-refractivity contribution in [3.05, 3.63) is 60.3 Å². The molecule has 3 rings (SSSR count). The number of β-amino-alcohol motifs (C(OH)–C–C–N with tert-alkyl or cyclic N) is 1. The van der Waals surface area contributed by atoms with Gasteiger partial charge in [0.1, 0.15) is 5.82 Å². The molecule has 0 bridgehead atoms. The summed E-state index contributed by atoms with van der Waals surface area (Å²) in [4.78, 5) is 8.69. The van der Waals surface area contributed by atoms with Crippen molar-refractivity contribution in [2.45, 2.75) is 18.6 Å². The molecule has 0 radical (unpaired) electrons. The summed E-state index contributed by atoms with van der Waals surface area (Å²) in [5.74, 6) is 0.900. The Kier molecular flexibility index (Phi) is 4.41. The number of pyridine rings is 1. The fraction of sp³-hybridized carbons (Fsp3) is 0.389. The molecule has 1 aliphatic heterocycles. The van der Waals surface area contributed by atoms with Gasteiger partial charge in [-0.15, -0.1) is 0 Å². The molecular weight excluding hydrogens is 274 g/mol. The van der Waals surface area contributed by atoms with Gasteiger partial charge >= 0.3 is 0 Å². The Morgan fingerprint density at radius 1 is 1.18 bits per heavy atom. The predicted octanol–water partition coefficient (Wildman–Crippen LogP) is 2.15. The Morgan fingerprint density at radius 3 is 2.68 bits per heavy atom. The molecule has 1 aromatic carbocycles. The Hall–Kier alpha value is -1.91. The van der Waals surface area contributed by atoms with Crippen LogP contribution in [0.5, 0.6) is 0 Å². The van der Waals surface area contributed by atoms with Crippen molar-refractivity contribution in [2.75, 3.05) is 31.6 Å². The highest BCUT2D eigenvalue weighted by molar-refractivity contribution is 5.37. The molecule has 2 aromatic rings. The van der Waals surface area contributed by atoms with Crippen LogP contribution in [0.15, 0.2) is 54.7 Å². The van der Waals surface area contributed by atoms with E-state index >= 15 is 0 Å². The SMILES string of the molecule is CN(CC1(O)CCN(Cc2ccccc2)C1)c1ccccn1. The third-order valence-corrected chi connectivity index (χ3v) is 4.23. The van der Waals surface area contributed by atoms with Gasteiger partial charge in [-0.1, -0.05) is 36.4 Å². The van der Waals surface area contributed by atoms with E-state index in [0.29, 0.717) is 13.1 Å². The second-order valence-electron chi connectivity index (χ2n) is 6.21. The van der Waals surface area contributed by atoms with Gasteiger partial charge in [-0.3, -0.25) is 4.90 Å². The zero-order chi connectivity index (χ0) is 15.4. The number of likely N-dealkylation sites (tertiary alicyclic amines) is 1. The number of anilines is 1. The first kappa shape index (κ1) is 15.0. The van der Waals surface area contributed by atoms with Crippen LogP contribution in [0, 0.1) is 0 Å². The van der Waals surface area contributed by atoms with E-state index in [1.807, 2.05) is 36.2 Å². The van der Waals surface area contributed by atoms with Gasteiger partial charge < -0.3 is 10.0 Å². The first-order valence-corrected chi connectivity index (χ1v) is 7.75. The van der Waals surface area contributed by atoms with Crippen molar-refractivity contribution in [1.82, 2.24) is 9.88 Å². The lowest BCUT2D eigenvalue weighted by Crippen LogP contribution is -2.44. The highest BCUT2D eigenvalue weighted by Gasteiger charge is 2.37. The standard InChI is InChI=1S/C18H23N3O/c1-20(17-9-5-6-11-19-17)14-18(22)10-12-21(15-18)13-16-7-3-2-4-8-16/h2-9,11,22H,10,12-15H2,1H3. The van der Waals surface area contributed by atoms with Gasteiger partial charge in [0.25, 0.3) is 0 Å². The zero-order valence-electron chi connectivity index (χ0n) is 13.0. The molecule has 1 saturated heterocycles. The number of hydrogen-bond donors (Lipinski definition) is 1. The van der Waals surface area contributed by atoms with E-state index in [1.165, 1.54) is 5.56 Å². The second kappa shape index (κ2) is 6.46. The zero-order valence-corrected chi connectivity index (χ0v) is 13.0. The van der Waals surface area contributed by atoms with Crippen molar-refractivity contribution in [3.63, 3.8) is 0 Å². The normalized spacial score (nSPS) is 21.9. The summed E-state index contributed by atoms with van der Waals surface area (Å²) in [5, 5.41) is 10.9.